The van der Waals surface area contributed by atoms with Crippen LogP contribution in [0.1, 0.15) is 31.2 Å². The predicted octanol–water partition coefficient (Wildman–Crippen LogP) is 1.91. The standard InChI is InChI=1S/C13H18N4/c1-3-13(5-7-14-8-13)12-16-10-9(2)4-6-15-11(10)17-12/h4,6,14H,3,5,7-8H2,1-2H3,(H,15,16,17). The minimum atomic E-state index is 0.174. The number of hydrogen-bond acceptors (Lipinski definition) is 3. The van der Waals surface area contributed by atoms with Crippen LogP contribution in [0.3, 0.4) is 0 Å². The first-order chi connectivity index (χ1) is 8.25. The molecule has 2 N–H and O–H groups in total. The first-order valence-electron chi connectivity index (χ1n) is 6.28. The van der Waals surface area contributed by atoms with Crippen molar-refractivity contribution in [3.05, 3.63) is 23.7 Å². The molecule has 90 valence electrons. The molecule has 3 heterocycles. The van der Waals surface area contributed by atoms with Crippen LogP contribution in [0.25, 0.3) is 11.2 Å². The molecule has 2 aromatic rings. The Morgan fingerprint density at radius 2 is 2.35 bits per heavy atom. The first kappa shape index (κ1) is 10.7. The van der Waals surface area contributed by atoms with Gasteiger partial charge in [-0.05, 0) is 37.9 Å². The summed E-state index contributed by atoms with van der Waals surface area (Å²) in [7, 11) is 0. The molecule has 1 unspecified atom stereocenters. The summed E-state index contributed by atoms with van der Waals surface area (Å²) in [6.45, 7) is 6.43. The molecule has 0 saturated carbocycles. The van der Waals surface area contributed by atoms with Gasteiger partial charge in [0.2, 0.25) is 0 Å². The number of rotatable bonds is 2. The lowest BCUT2D eigenvalue weighted by Gasteiger charge is -2.23. The summed E-state index contributed by atoms with van der Waals surface area (Å²) in [5.41, 5.74) is 3.32. The Morgan fingerprint density at radius 1 is 1.47 bits per heavy atom. The third kappa shape index (κ3) is 1.55. The number of fused-ring (bicyclic) bond motifs is 1. The molecule has 1 aliphatic rings. The predicted molar refractivity (Wildman–Crippen MR) is 68.1 cm³/mol. The second-order valence-electron chi connectivity index (χ2n) is 4.97. The van der Waals surface area contributed by atoms with E-state index in [1.165, 1.54) is 5.56 Å². The quantitative estimate of drug-likeness (QED) is 0.828. The van der Waals surface area contributed by atoms with Crippen LogP contribution in [-0.2, 0) is 5.41 Å². The molecule has 0 aromatic carbocycles. The van der Waals surface area contributed by atoms with Crippen LogP contribution in [0.4, 0.5) is 0 Å². The summed E-state index contributed by atoms with van der Waals surface area (Å²) in [6.07, 6.45) is 4.09. The van der Waals surface area contributed by atoms with Gasteiger partial charge in [0.25, 0.3) is 0 Å². The van der Waals surface area contributed by atoms with E-state index in [1.807, 2.05) is 12.3 Å². The van der Waals surface area contributed by atoms with Crippen LogP contribution >= 0.6 is 0 Å². The molecule has 0 bridgehead atoms. The summed E-state index contributed by atoms with van der Waals surface area (Å²) in [6, 6.07) is 2.02. The molecule has 2 aromatic heterocycles. The van der Waals surface area contributed by atoms with E-state index in [9.17, 15) is 0 Å². The molecule has 4 heteroatoms. The monoisotopic (exact) mass is 230 g/mol. The Bertz CT molecular complexity index is 537. The molecule has 0 aliphatic carbocycles. The van der Waals surface area contributed by atoms with E-state index >= 15 is 0 Å². The van der Waals surface area contributed by atoms with Crippen molar-refractivity contribution in [2.24, 2.45) is 0 Å². The van der Waals surface area contributed by atoms with Crippen molar-refractivity contribution < 1.29 is 0 Å². The molecule has 0 radical (unpaired) electrons. The maximum atomic E-state index is 4.69. The summed E-state index contributed by atoms with van der Waals surface area (Å²) < 4.78 is 0. The smallest absolute Gasteiger partial charge is 0.177 e. The fourth-order valence-corrected chi connectivity index (χ4v) is 2.70. The third-order valence-corrected chi connectivity index (χ3v) is 4.02. The number of aromatic nitrogens is 3. The molecule has 0 spiro atoms. The van der Waals surface area contributed by atoms with Crippen molar-refractivity contribution in [2.45, 2.75) is 32.1 Å². The minimum absolute atomic E-state index is 0.174. The van der Waals surface area contributed by atoms with Gasteiger partial charge in [0.05, 0.1) is 5.52 Å². The lowest BCUT2D eigenvalue weighted by molar-refractivity contribution is 0.430. The molecule has 0 amide bonds. The van der Waals surface area contributed by atoms with Gasteiger partial charge in [-0.25, -0.2) is 9.97 Å². The van der Waals surface area contributed by atoms with Gasteiger partial charge < -0.3 is 10.3 Å². The zero-order chi connectivity index (χ0) is 11.9. The van der Waals surface area contributed by atoms with E-state index in [0.717, 1.165) is 42.9 Å². The lowest BCUT2D eigenvalue weighted by atomic mass is 9.83. The maximum Gasteiger partial charge on any atom is 0.177 e. The van der Waals surface area contributed by atoms with Gasteiger partial charge in [0.15, 0.2) is 5.65 Å². The SMILES string of the molecule is CCC1(c2nc3nccc(C)c3[nH]2)CCNC1. The van der Waals surface area contributed by atoms with Crippen LogP contribution in [0.2, 0.25) is 0 Å². The van der Waals surface area contributed by atoms with E-state index < -0.39 is 0 Å². The van der Waals surface area contributed by atoms with Crippen molar-refractivity contribution in [3.8, 4) is 0 Å². The number of pyridine rings is 1. The number of nitrogens with zero attached hydrogens (tertiary/aromatic N) is 2. The highest BCUT2D eigenvalue weighted by Gasteiger charge is 2.36. The van der Waals surface area contributed by atoms with E-state index in [0.29, 0.717) is 0 Å². The molecule has 1 aliphatic heterocycles. The molecular weight excluding hydrogens is 212 g/mol. The van der Waals surface area contributed by atoms with Gasteiger partial charge in [-0.3, -0.25) is 0 Å². The Kier molecular flexibility index (Phi) is 2.40. The highest BCUT2D eigenvalue weighted by Crippen LogP contribution is 2.33. The number of nitrogens with one attached hydrogen (secondary N) is 2. The molecule has 1 fully saturated rings. The molecule has 1 atom stereocenters. The summed E-state index contributed by atoms with van der Waals surface area (Å²) in [5.74, 6) is 1.10. The lowest BCUT2D eigenvalue weighted by Crippen LogP contribution is -2.29. The normalized spacial score (nSPS) is 24.6. The number of aryl methyl sites for hydroxylation is 1. The van der Waals surface area contributed by atoms with Gasteiger partial charge >= 0.3 is 0 Å². The van der Waals surface area contributed by atoms with Crippen LogP contribution in [0, 0.1) is 6.92 Å². The minimum Gasteiger partial charge on any atom is -0.340 e. The largest absolute Gasteiger partial charge is 0.340 e. The summed E-state index contributed by atoms with van der Waals surface area (Å²) >= 11 is 0. The molecule has 17 heavy (non-hydrogen) atoms. The Balaban J connectivity index is 2.14. The first-order valence-corrected chi connectivity index (χ1v) is 6.28. The van der Waals surface area contributed by atoms with Crippen molar-refractivity contribution >= 4 is 11.2 Å². The van der Waals surface area contributed by atoms with E-state index in [2.05, 4.69) is 29.1 Å². The molecule has 4 nitrogen and oxygen atoms in total. The Morgan fingerprint density at radius 3 is 3.00 bits per heavy atom. The van der Waals surface area contributed by atoms with Crippen LogP contribution in [-0.4, -0.2) is 28.0 Å². The van der Waals surface area contributed by atoms with Gasteiger partial charge in [-0.1, -0.05) is 6.92 Å². The number of imidazole rings is 1. The van der Waals surface area contributed by atoms with E-state index in [1.54, 1.807) is 0 Å². The highest BCUT2D eigenvalue weighted by atomic mass is 15.0. The third-order valence-electron chi connectivity index (χ3n) is 4.02. The average Bonchev–Trinajstić information content (AvgIpc) is 2.96. The topological polar surface area (TPSA) is 53.6 Å². The number of H-pyrrole nitrogens is 1. The van der Waals surface area contributed by atoms with Gasteiger partial charge in [-0.15, -0.1) is 0 Å². The molecular formula is C13H18N4. The van der Waals surface area contributed by atoms with E-state index in [4.69, 9.17) is 4.98 Å². The number of hydrogen-bond donors (Lipinski definition) is 2. The van der Waals surface area contributed by atoms with Gasteiger partial charge in [-0.2, -0.15) is 0 Å². The summed E-state index contributed by atoms with van der Waals surface area (Å²) in [4.78, 5) is 12.5. The second kappa shape index (κ2) is 3.81. The van der Waals surface area contributed by atoms with Crippen molar-refractivity contribution in [1.82, 2.24) is 20.3 Å². The number of aromatic amines is 1. The van der Waals surface area contributed by atoms with Crippen LogP contribution < -0.4 is 5.32 Å². The Hall–Kier alpha value is -1.42. The van der Waals surface area contributed by atoms with E-state index in [-0.39, 0.29) is 5.41 Å². The van der Waals surface area contributed by atoms with Crippen LogP contribution in [0.5, 0.6) is 0 Å². The fourth-order valence-electron chi connectivity index (χ4n) is 2.70. The van der Waals surface area contributed by atoms with Gasteiger partial charge in [0.1, 0.15) is 5.82 Å². The van der Waals surface area contributed by atoms with Crippen molar-refractivity contribution in [3.63, 3.8) is 0 Å². The van der Waals surface area contributed by atoms with Gasteiger partial charge in [0, 0.05) is 18.2 Å². The highest BCUT2D eigenvalue weighted by molar-refractivity contribution is 5.74. The summed E-state index contributed by atoms with van der Waals surface area (Å²) in [5, 5.41) is 3.44. The average molecular weight is 230 g/mol. The molecule has 3 rings (SSSR count). The Labute approximate surface area is 101 Å². The second-order valence-corrected chi connectivity index (χ2v) is 4.97. The zero-order valence-electron chi connectivity index (χ0n) is 10.4. The maximum absolute atomic E-state index is 4.69. The van der Waals surface area contributed by atoms with Crippen LogP contribution in [0.15, 0.2) is 12.3 Å². The zero-order valence-corrected chi connectivity index (χ0v) is 10.4. The fraction of sp³-hybridized carbons (Fsp3) is 0.538. The molecule has 1 saturated heterocycles. The van der Waals surface area contributed by atoms with Crippen molar-refractivity contribution in [2.75, 3.05) is 13.1 Å². The van der Waals surface area contributed by atoms with Crippen molar-refractivity contribution in [1.29, 1.82) is 0 Å².